The summed E-state index contributed by atoms with van der Waals surface area (Å²) in [5.41, 5.74) is 0.686. The van der Waals surface area contributed by atoms with E-state index in [4.69, 9.17) is 35.3 Å². The molecule has 1 N–H and O–H groups in total. The van der Waals surface area contributed by atoms with E-state index >= 15 is 0 Å². The molecule has 1 saturated carbocycles. The molecule has 1 aliphatic rings. The van der Waals surface area contributed by atoms with Crippen LogP contribution in [0.15, 0.2) is 51.7 Å². The Hall–Kier alpha value is -3.03. The van der Waals surface area contributed by atoms with Gasteiger partial charge in [-0.25, -0.2) is 0 Å². The Kier molecular flexibility index (Phi) is 6.15. The van der Waals surface area contributed by atoms with Gasteiger partial charge in [0.1, 0.15) is 23.9 Å². The van der Waals surface area contributed by atoms with E-state index in [9.17, 15) is 9.59 Å². The number of benzene rings is 2. The number of para-hydroxylation sites is 1. The summed E-state index contributed by atoms with van der Waals surface area (Å²) < 4.78 is 22.8. The summed E-state index contributed by atoms with van der Waals surface area (Å²) in [5, 5.41) is 9.68. The summed E-state index contributed by atoms with van der Waals surface area (Å²) >= 11 is 6.22. The van der Waals surface area contributed by atoms with Crippen LogP contribution < -0.4 is 14.9 Å². The number of fused-ring (bicyclic) bond motifs is 1. The molecule has 4 rings (SSSR count). The second kappa shape index (κ2) is 8.99. The molecule has 1 aromatic heterocycles. The fourth-order valence-corrected chi connectivity index (χ4v) is 3.71. The summed E-state index contributed by atoms with van der Waals surface area (Å²) in [7, 11) is 1.55. The van der Waals surface area contributed by atoms with Gasteiger partial charge < -0.3 is 23.7 Å². The molecular formula is C23H21ClO7. The third kappa shape index (κ3) is 4.52. The van der Waals surface area contributed by atoms with Gasteiger partial charge in [0, 0.05) is 12.1 Å². The fourth-order valence-electron chi connectivity index (χ4n) is 3.50. The third-order valence-electron chi connectivity index (χ3n) is 5.30. The van der Waals surface area contributed by atoms with Gasteiger partial charge in [-0.05, 0) is 37.1 Å². The molecule has 1 heterocycles. The lowest BCUT2D eigenvalue weighted by Gasteiger charge is -2.32. The van der Waals surface area contributed by atoms with Crippen molar-refractivity contribution in [1.82, 2.24) is 0 Å². The number of methoxy groups -OCH3 is 1. The molecule has 0 atom stereocenters. The van der Waals surface area contributed by atoms with Crippen molar-refractivity contribution in [3.63, 3.8) is 0 Å². The second-order valence-corrected chi connectivity index (χ2v) is 7.71. The summed E-state index contributed by atoms with van der Waals surface area (Å²) in [4.78, 5) is 23.4. The topological polar surface area (TPSA) is 95.2 Å². The molecule has 0 bridgehead atoms. The van der Waals surface area contributed by atoms with Gasteiger partial charge in [-0.2, -0.15) is 0 Å². The molecule has 8 heteroatoms. The predicted molar refractivity (Wildman–Crippen MR) is 115 cm³/mol. The lowest BCUT2D eigenvalue weighted by atomic mass is 9.82. The zero-order valence-electron chi connectivity index (χ0n) is 16.8. The molecular weight excluding hydrogens is 424 g/mol. The molecule has 31 heavy (non-hydrogen) atoms. The van der Waals surface area contributed by atoms with Gasteiger partial charge in [-0.15, -0.1) is 0 Å². The van der Waals surface area contributed by atoms with Crippen molar-refractivity contribution in [3.8, 4) is 22.8 Å². The number of carboxylic acid groups (broad SMARTS) is 1. The first-order valence-electron chi connectivity index (χ1n) is 9.84. The molecule has 0 amide bonds. The van der Waals surface area contributed by atoms with Crippen LogP contribution >= 0.6 is 11.6 Å². The molecule has 7 nitrogen and oxygen atoms in total. The normalized spacial score (nSPS) is 17.9. The number of rotatable bonds is 8. The molecule has 162 valence electrons. The first kappa shape index (κ1) is 21.2. The van der Waals surface area contributed by atoms with Crippen LogP contribution in [0.4, 0.5) is 0 Å². The van der Waals surface area contributed by atoms with Crippen LogP contribution in [0.5, 0.6) is 11.5 Å². The molecule has 3 aromatic rings. The van der Waals surface area contributed by atoms with Crippen molar-refractivity contribution in [3.05, 3.63) is 57.7 Å². The number of hydrogen-bond acceptors (Lipinski definition) is 6. The fraction of sp³-hybridized carbons (Fsp3) is 0.304. The smallest absolute Gasteiger partial charge is 0.306 e. The standard InChI is InChI=1S/C23H21ClO7/c1-28-14-5-6-17(21-12-19(25)16-3-2-4-18(24)22(16)31-21)20(11-14)30-8-7-29-15-9-13(10-15)23(26)27/h2-6,11-13,15H,7-10H2,1H3,(H,26,27)/t13-,15+. The van der Waals surface area contributed by atoms with Crippen molar-refractivity contribution < 1.29 is 28.5 Å². The number of ether oxygens (including phenoxy) is 3. The minimum atomic E-state index is -0.783. The van der Waals surface area contributed by atoms with Crippen LogP contribution in [0, 0.1) is 5.92 Å². The zero-order chi connectivity index (χ0) is 22.0. The van der Waals surface area contributed by atoms with E-state index in [0.717, 1.165) is 0 Å². The van der Waals surface area contributed by atoms with Gasteiger partial charge in [0.15, 0.2) is 11.0 Å². The van der Waals surface area contributed by atoms with Crippen molar-refractivity contribution in [2.24, 2.45) is 5.92 Å². The summed E-state index contributed by atoms with van der Waals surface area (Å²) in [5.74, 6) is 0.277. The Labute approximate surface area is 183 Å². The van der Waals surface area contributed by atoms with E-state index in [0.29, 0.717) is 58.3 Å². The summed E-state index contributed by atoms with van der Waals surface area (Å²) in [6, 6.07) is 11.6. The molecule has 2 aromatic carbocycles. The molecule has 1 aliphatic carbocycles. The van der Waals surface area contributed by atoms with Crippen molar-refractivity contribution in [1.29, 1.82) is 0 Å². The van der Waals surface area contributed by atoms with E-state index in [1.54, 1.807) is 43.5 Å². The number of halogens is 1. The highest BCUT2D eigenvalue weighted by atomic mass is 35.5. The van der Waals surface area contributed by atoms with E-state index in [1.807, 2.05) is 0 Å². The molecule has 0 spiro atoms. The monoisotopic (exact) mass is 444 g/mol. The average molecular weight is 445 g/mol. The van der Waals surface area contributed by atoms with Gasteiger partial charge in [0.05, 0.1) is 41.7 Å². The minimum Gasteiger partial charge on any atom is -0.497 e. The Bertz CT molecular complexity index is 1160. The Balaban J connectivity index is 1.52. The maximum absolute atomic E-state index is 12.6. The maximum atomic E-state index is 12.6. The Morgan fingerprint density at radius 1 is 1.19 bits per heavy atom. The molecule has 0 radical (unpaired) electrons. The molecule has 0 saturated heterocycles. The predicted octanol–water partition coefficient (Wildman–Crippen LogP) is 4.38. The number of aliphatic carboxylic acids is 1. The second-order valence-electron chi connectivity index (χ2n) is 7.30. The molecule has 0 aliphatic heterocycles. The van der Waals surface area contributed by atoms with Crippen LogP contribution in [0.3, 0.4) is 0 Å². The summed E-state index contributed by atoms with van der Waals surface area (Å²) in [6.45, 7) is 0.550. The van der Waals surface area contributed by atoms with E-state index in [-0.39, 0.29) is 24.1 Å². The van der Waals surface area contributed by atoms with Crippen LogP contribution in [0.2, 0.25) is 5.02 Å². The Morgan fingerprint density at radius 3 is 2.74 bits per heavy atom. The van der Waals surface area contributed by atoms with Crippen LogP contribution in [-0.4, -0.2) is 37.5 Å². The van der Waals surface area contributed by atoms with Gasteiger partial charge in [-0.1, -0.05) is 17.7 Å². The highest BCUT2D eigenvalue weighted by Gasteiger charge is 2.35. The van der Waals surface area contributed by atoms with Gasteiger partial charge >= 0.3 is 5.97 Å². The minimum absolute atomic E-state index is 0.0601. The largest absolute Gasteiger partial charge is 0.497 e. The van der Waals surface area contributed by atoms with Gasteiger partial charge in [-0.3, -0.25) is 9.59 Å². The lowest BCUT2D eigenvalue weighted by molar-refractivity contribution is -0.151. The van der Waals surface area contributed by atoms with Crippen LogP contribution in [0.25, 0.3) is 22.3 Å². The quantitative estimate of drug-likeness (QED) is 0.515. The third-order valence-corrected chi connectivity index (χ3v) is 5.60. The van der Waals surface area contributed by atoms with Gasteiger partial charge in [0.25, 0.3) is 0 Å². The van der Waals surface area contributed by atoms with Crippen molar-refractivity contribution >= 4 is 28.5 Å². The highest BCUT2D eigenvalue weighted by Crippen LogP contribution is 2.35. The average Bonchev–Trinajstić information content (AvgIpc) is 2.72. The van der Waals surface area contributed by atoms with E-state index in [1.165, 1.54) is 6.07 Å². The van der Waals surface area contributed by atoms with Crippen LogP contribution in [-0.2, 0) is 9.53 Å². The highest BCUT2D eigenvalue weighted by molar-refractivity contribution is 6.34. The maximum Gasteiger partial charge on any atom is 0.306 e. The summed E-state index contributed by atoms with van der Waals surface area (Å²) in [6.07, 6.45) is 0.973. The lowest BCUT2D eigenvalue weighted by Crippen LogP contribution is -2.37. The van der Waals surface area contributed by atoms with Crippen LogP contribution in [0.1, 0.15) is 12.8 Å². The molecule has 0 unspecified atom stereocenters. The first-order valence-corrected chi connectivity index (χ1v) is 10.2. The van der Waals surface area contributed by atoms with Crippen molar-refractivity contribution in [2.45, 2.75) is 18.9 Å². The number of hydrogen-bond donors (Lipinski definition) is 1. The zero-order valence-corrected chi connectivity index (χ0v) is 17.6. The molecule has 1 fully saturated rings. The van der Waals surface area contributed by atoms with E-state index in [2.05, 4.69) is 0 Å². The van der Waals surface area contributed by atoms with Gasteiger partial charge in [0.2, 0.25) is 0 Å². The first-order chi connectivity index (χ1) is 15.0. The number of carboxylic acids is 1. The SMILES string of the molecule is COc1ccc(-c2cc(=O)c3cccc(Cl)c3o2)c(OCCO[C@H]2C[C@@H](C(=O)O)C2)c1. The van der Waals surface area contributed by atoms with Crippen molar-refractivity contribution in [2.75, 3.05) is 20.3 Å². The number of carbonyl (C=O) groups is 1. The van der Waals surface area contributed by atoms with E-state index < -0.39 is 5.97 Å². The Morgan fingerprint density at radius 2 is 2.00 bits per heavy atom.